The molecule has 21 heavy (non-hydrogen) atoms. The summed E-state index contributed by atoms with van der Waals surface area (Å²) in [4.78, 5) is 4.21. The first-order chi connectivity index (χ1) is 10.4. The van der Waals surface area contributed by atoms with E-state index in [1.807, 2.05) is 42.5 Å². The lowest BCUT2D eigenvalue weighted by atomic mass is 10.2. The molecule has 1 N–H and O–H groups in total. The molecule has 0 aliphatic carbocycles. The van der Waals surface area contributed by atoms with Gasteiger partial charge in [0.25, 0.3) is 0 Å². The number of ether oxygens (including phenoxy) is 2. The number of pyridine rings is 1. The third-order valence-corrected chi connectivity index (χ3v) is 2.90. The van der Waals surface area contributed by atoms with E-state index in [9.17, 15) is 0 Å². The van der Waals surface area contributed by atoms with Crippen LogP contribution in [0.4, 0.5) is 0 Å². The maximum absolute atomic E-state index is 5.61. The zero-order valence-corrected chi connectivity index (χ0v) is 12.4. The Morgan fingerprint density at radius 2 is 1.86 bits per heavy atom. The normalized spacial score (nSPS) is 10.3. The number of benzene rings is 1. The fourth-order valence-corrected chi connectivity index (χ4v) is 1.87. The van der Waals surface area contributed by atoms with Crippen molar-refractivity contribution in [1.29, 1.82) is 0 Å². The molecule has 4 nitrogen and oxygen atoms in total. The highest BCUT2D eigenvalue weighted by molar-refractivity contribution is 5.21. The van der Waals surface area contributed by atoms with E-state index in [2.05, 4.69) is 17.2 Å². The highest BCUT2D eigenvalue weighted by atomic mass is 16.5. The average molecular weight is 286 g/mol. The van der Waals surface area contributed by atoms with Gasteiger partial charge in [0.2, 0.25) is 5.88 Å². The van der Waals surface area contributed by atoms with Crippen LogP contribution in [0.2, 0.25) is 0 Å². The second kappa shape index (κ2) is 8.97. The van der Waals surface area contributed by atoms with Gasteiger partial charge in [-0.25, -0.2) is 4.98 Å². The van der Waals surface area contributed by atoms with E-state index >= 15 is 0 Å². The summed E-state index contributed by atoms with van der Waals surface area (Å²) in [5.74, 6) is 1.49. The first-order valence-corrected chi connectivity index (χ1v) is 7.35. The van der Waals surface area contributed by atoms with E-state index in [1.54, 1.807) is 6.20 Å². The van der Waals surface area contributed by atoms with Crippen LogP contribution < -0.4 is 14.8 Å². The molecule has 0 aliphatic rings. The molecule has 2 aromatic rings. The van der Waals surface area contributed by atoms with Gasteiger partial charge in [0, 0.05) is 18.8 Å². The van der Waals surface area contributed by atoms with Crippen molar-refractivity contribution >= 4 is 0 Å². The van der Waals surface area contributed by atoms with E-state index < -0.39 is 0 Å². The summed E-state index contributed by atoms with van der Waals surface area (Å²) in [5.41, 5.74) is 1.18. The first-order valence-electron chi connectivity index (χ1n) is 7.35. The lowest BCUT2D eigenvalue weighted by Gasteiger charge is -2.09. The predicted octanol–water partition coefficient (Wildman–Crippen LogP) is 3.04. The minimum atomic E-state index is 0.480. The highest BCUT2D eigenvalue weighted by Crippen LogP contribution is 2.10. The van der Waals surface area contributed by atoms with Crippen molar-refractivity contribution in [3.63, 3.8) is 0 Å². The second-order valence-electron chi connectivity index (χ2n) is 4.69. The van der Waals surface area contributed by atoms with Crippen molar-refractivity contribution in [2.75, 3.05) is 19.8 Å². The van der Waals surface area contributed by atoms with Gasteiger partial charge in [0.05, 0.1) is 0 Å². The van der Waals surface area contributed by atoms with E-state index in [1.165, 1.54) is 5.56 Å². The topological polar surface area (TPSA) is 43.4 Å². The Morgan fingerprint density at radius 3 is 2.67 bits per heavy atom. The van der Waals surface area contributed by atoms with Crippen molar-refractivity contribution < 1.29 is 9.47 Å². The van der Waals surface area contributed by atoms with Crippen LogP contribution in [0.1, 0.15) is 18.9 Å². The molecular formula is C17H22N2O2. The number of rotatable bonds is 9. The van der Waals surface area contributed by atoms with Crippen LogP contribution in [-0.4, -0.2) is 24.7 Å². The molecule has 112 valence electrons. The van der Waals surface area contributed by atoms with Crippen molar-refractivity contribution in [3.8, 4) is 11.6 Å². The minimum absolute atomic E-state index is 0.480. The van der Waals surface area contributed by atoms with Crippen molar-refractivity contribution in [1.82, 2.24) is 10.3 Å². The molecule has 0 bridgehead atoms. The van der Waals surface area contributed by atoms with Gasteiger partial charge in [0.1, 0.15) is 19.0 Å². The van der Waals surface area contributed by atoms with Gasteiger partial charge >= 0.3 is 0 Å². The number of aromatic nitrogens is 1. The van der Waals surface area contributed by atoms with Gasteiger partial charge < -0.3 is 14.8 Å². The summed E-state index contributed by atoms with van der Waals surface area (Å²) in [5, 5.41) is 3.36. The summed E-state index contributed by atoms with van der Waals surface area (Å²) in [6.07, 6.45) is 2.90. The molecule has 0 saturated heterocycles. The third kappa shape index (κ3) is 5.83. The van der Waals surface area contributed by atoms with Gasteiger partial charge in [-0.1, -0.05) is 25.1 Å². The highest BCUT2D eigenvalue weighted by Gasteiger charge is 1.99. The molecule has 1 heterocycles. The standard InChI is InChI=1S/C17H22N2O2/c1-2-9-18-14-15-8-10-19-17(13-15)21-12-11-20-16-6-4-3-5-7-16/h3-8,10,13,18H,2,9,11-12,14H2,1H3. The molecule has 0 saturated carbocycles. The van der Waals surface area contributed by atoms with E-state index in [0.29, 0.717) is 19.1 Å². The molecule has 1 aromatic carbocycles. The van der Waals surface area contributed by atoms with Crippen molar-refractivity contribution in [3.05, 3.63) is 54.2 Å². The van der Waals surface area contributed by atoms with Crippen LogP contribution in [0.15, 0.2) is 48.7 Å². The van der Waals surface area contributed by atoms with Gasteiger partial charge in [-0.05, 0) is 36.7 Å². The van der Waals surface area contributed by atoms with E-state index in [-0.39, 0.29) is 0 Å². The smallest absolute Gasteiger partial charge is 0.213 e. The van der Waals surface area contributed by atoms with Crippen LogP contribution >= 0.6 is 0 Å². The summed E-state index contributed by atoms with van der Waals surface area (Å²) in [7, 11) is 0. The van der Waals surface area contributed by atoms with E-state index in [0.717, 1.165) is 25.3 Å². The van der Waals surface area contributed by atoms with Crippen LogP contribution in [0.5, 0.6) is 11.6 Å². The maximum Gasteiger partial charge on any atom is 0.213 e. The lowest BCUT2D eigenvalue weighted by Crippen LogP contribution is -2.14. The average Bonchev–Trinajstić information content (AvgIpc) is 2.53. The Labute approximate surface area is 126 Å². The zero-order chi connectivity index (χ0) is 14.8. The molecule has 0 atom stereocenters. The quantitative estimate of drug-likeness (QED) is 0.720. The number of hydrogen-bond acceptors (Lipinski definition) is 4. The van der Waals surface area contributed by atoms with Crippen molar-refractivity contribution in [2.45, 2.75) is 19.9 Å². The minimum Gasteiger partial charge on any atom is -0.490 e. The number of para-hydroxylation sites is 1. The summed E-state index contributed by atoms with van der Waals surface area (Å²) in [6, 6.07) is 13.7. The van der Waals surface area contributed by atoms with Gasteiger partial charge in [-0.2, -0.15) is 0 Å². The Hall–Kier alpha value is -2.07. The van der Waals surface area contributed by atoms with E-state index in [4.69, 9.17) is 9.47 Å². The molecule has 0 amide bonds. The SMILES string of the molecule is CCCNCc1ccnc(OCCOc2ccccc2)c1. The Bertz CT molecular complexity index is 517. The van der Waals surface area contributed by atoms with Gasteiger partial charge in [0.15, 0.2) is 0 Å². The molecular weight excluding hydrogens is 264 g/mol. The second-order valence-corrected chi connectivity index (χ2v) is 4.69. The zero-order valence-electron chi connectivity index (χ0n) is 12.4. The Kier molecular flexibility index (Phi) is 6.55. The fourth-order valence-electron chi connectivity index (χ4n) is 1.87. The van der Waals surface area contributed by atoms with Crippen LogP contribution in [0.3, 0.4) is 0 Å². The van der Waals surface area contributed by atoms with Crippen LogP contribution in [0.25, 0.3) is 0 Å². The third-order valence-electron chi connectivity index (χ3n) is 2.90. The van der Waals surface area contributed by atoms with Gasteiger partial charge in [-0.3, -0.25) is 0 Å². The summed E-state index contributed by atoms with van der Waals surface area (Å²) >= 11 is 0. The molecule has 4 heteroatoms. The lowest BCUT2D eigenvalue weighted by molar-refractivity contribution is 0.212. The molecule has 0 radical (unpaired) electrons. The molecule has 0 fully saturated rings. The Morgan fingerprint density at radius 1 is 1.05 bits per heavy atom. The molecule has 2 rings (SSSR count). The predicted molar refractivity (Wildman–Crippen MR) is 83.7 cm³/mol. The van der Waals surface area contributed by atoms with Crippen LogP contribution in [0, 0.1) is 0 Å². The van der Waals surface area contributed by atoms with Gasteiger partial charge in [-0.15, -0.1) is 0 Å². The fraction of sp³-hybridized carbons (Fsp3) is 0.353. The molecule has 1 aromatic heterocycles. The monoisotopic (exact) mass is 286 g/mol. The molecule has 0 unspecified atom stereocenters. The molecule has 0 spiro atoms. The van der Waals surface area contributed by atoms with Crippen molar-refractivity contribution in [2.24, 2.45) is 0 Å². The largest absolute Gasteiger partial charge is 0.490 e. The number of nitrogens with one attached hydrogen (secondary N) is 1. The molecule has 0 aliphatic heterocycles. The Balaban J connectivity index is 1.71. The maximum atomic E-state index is 5.61. The van der Waals surface area contributed by atoms with Crippen LogP contribution in [-0.2, 0) is 6.54 Å². The number of nitrogens with zero attached hydrogens (tertiary/aromatic N) is 1. The summed E-state index contributed by atoms with van der Waals surface area (Å²) < 4.78 is 11.2. The first kappa shape index (κ1) is 15.3. The summed E-state index contributed by atoms with van der Waals surface area (Å²) in [6.45, 7) is 5.00. The number of hydrogen-bond donors (Lipinski definition) is 1.